The first-order valence-electron chi connectivity index (χ1n) is 6.31. The number of likely N-dealkylation sites (tertiary alicyclic amines) is 1. The van der Waals surface area contributed by atoms with Crippen LogP contribution in [0.2, 0.25) is 0 Å². The molecule has 0 aliphatic carbocycles. The Morgan fingerprint density at radius 2 is 2.33 bits per heavy atom. The van der Waals surface area contributed by atoms with E-state index in [0.717, 1.165) is 25.8 Å². The van der Waals surface area contributed by atoms with E-state index in [9.17, 15) is 4.79 Å². The highest BCUT2D eigenvalue weighted by atomic mass is 16.5. The van der Waals surface area contributed by atoms with Gasteiger partial charge in [-0.1, -0.05) is 0 Å². The lowest BCUT2D eigenvalue weighted by Crippen LogP contribution is -2.39. The molecule has 6 nitrogen and oxygen atoms in total. The van der Waals surface area contributed by atoms with Gasteiger partial charge in [0.05, 0.1) is 13.0 Å². The van der Waals surface area contributed by atoms with E-state index < -0.39 is 0 Å². The molecule has 1 unspecified atom stereocenters. The van der Waals surface area contributed by atoms with Crippen LogP contribution in [0.4, 0.5) is 0 Å². The number of hydrogen-bond acceptors (Lipinski definition) is 5. The molecule has 0 radical (unpaired) electrons. The Kier molecular flexibility index (Phi) is 4.30. The molecule has 1 saturated heterocycles. The third-order valence-corrected chi connectivity index (χ3v) is 3.17. The molecule has 100 valence electrons. The molecule has 0 saturated carbocycles. The number of aryl methyl sites for hydroxylation is 1. The highest BCUT2D eigenvalue weighted by molar-refractivity contribution is 5.76. The Morgan fingerprint density at radius 3 is 3.00 bits per heavy atom. The van der Waals surface area contributed by atoms with Gasteiger partial charge in [0.2, 0.25) is 17.7 Å². The molecular formula is C12H19N3O3. The van der Waals surface area contributed by atoms with Crippen molar-refractivity contribution in [1.29, 1.82) is 0 Å². The zero-order valence-corrected chi connectivity index (χ0v) is 10.9. The van der Waals surface area contributed by atoms with E-state index in [1.807, 2.05) is 4.90 Å². The molecule has 0 N–H and O–H groups in total. The maximum absolute atomic E-state index is 12.1. The summed E-state index contributed by atoms with van der Waals surface area (Å²) in [5.74, 6) is 1.19. The summed E-state index contributed by atoms with van der Waals surface area (Å²) in [6, 6.07) is -0.0655. The average molecular weight is 253 g/mol. The topological polar surface area (TPSA) is 68.5 Å². The van der Waals surface area contributed by atoms with Gasteiger partial charge in [-0.2, -0.15) is 0 Å². The van der Waals surface area contributed by atoms with E-state index in [2.05, 4.69) is 10.2 Å². The van der Waals surface area contributed by atoms with Crippen molar-refractivity contribution >= 4 is 5.91 Å². The van der Waals surface area contributed by atoms with Gasteiger partial charge in [0.25, 0.3) is 0 Å². The van der Waals surface area contributed by atoms with Gasteiger partial charge in [0.1, 0.15) is 6.04 Å². The van der Waals surface area contributed by atoms with Crippen molar-refractivity contribution in [2.24, 2.45) is 0 Å². The first-order valence-corrected chi connectivity index (χ1v) is 6.31. The lowest BCUT2D eigenvalue weighted by Gasteiger charge is -2.33. The van der Waals surface area contributed by atoms with E-state index >= 15 is 0 Å². The molecule has 1 atom stereocenters. The van der Waals surface area contributed by atoms with Crippen molar-refractivity contribution in [1.82, 2.24) is 15.1 Å². The SMILES string of the molecule is COCCC(=O)N1CCCCC1c1nnc(C)o1. The number of ether oxygens (including phenoxy) is 1. The third kappa shape index (κ3) is 2.87. The fourth-order valence-corrected chi connectivity index (χ4v) is 2.27. The number of piperidine rings is 1. The minimum atomic E-state index is -0.0655. The molecule has 2 heterocycles. The summed E-state index contributed by atoms with van der Waals surface area (Å²) in [7, 11) is 1.60. The molecule has 1 aliphatic heterocycles. The van der Waals surface area contributed by atoms with Crippen LogP contribution in [0.25, 0.3) is 0 Å². The van der Waals surface area contributed by atoms with Crippen LogP contribution < -0.4 is 0 Å². The van der Waals surface area contributed by atoms with Crippen molar-refractivity contribution in [3.8, 4) is 0 Å². The Hall–Kier alpha value is -1.43. The van der Waals surface area contributed by atoms with Crippen LogP contribution in [0.15, 0.2) is 4.42 Å². The van der Waals surface area contributed by atoms with Crippen molar-refractivity contribution in [3.63, 3.8) is 0 Å². The van der Waals surface area contributed by atoms with E-state index in [1.165, 1.54) is 0 Å². The number of hydrogen-bond donors (Lipinski definition) is 0. The molecular weight excluding hydrogens is 234 g/mol. The molecule has 1 fully saturated rings. The second kappa shape index (κ2) is 5.95. The molecule has 0 aromatic carbocycles. The third-order valence-electron chi connectivity index (χ3n) is 3.17. The quantitative estimate of drug-likeness (QED) is 0.812. The normalized spacial score (nSPS) is 20.1. The highest BCUT2D eigenvalue weighted by Gasteiger charge is 2.31. The summed E-state index contributed by atoms with van der Waals surface area (Å²) in [6.07, 6.45) is 3.41. The number of rotatable bonds is 4. The molecule has 6 heteroatoms. The molecule has 1 aromatic heterocycles. The van der Waals surface area contributed by atoms with Crippen LogP contribution in [0, 0.1) is 6.92 Å². The van der Waals surface area contributed by atoms with E-state index in [0.29, 0.717) is 24.8 Å². The number of carbonyl (C=O) groups is 1. The van der Waals surface area contributed by atoms with Gasteiger partial charge in [0, 0.05) is 20.6 Å². The largest absolute Gasteiger partial charge is 0.423 e. The van der Waals surface area contributed by atoms with E-state index in [4.69, 9.17) is 9.15 Å². The number of carbonyl (C=O) groups excluding carboxylic acids is 1. The fraction of sp³-hybridized carbons (Fsp3) is 0.750. The minimum Gasteiger partial charge on any atom is -0.423 e. The molecule has 1 amide bonds. The van der Waals surface area contributed by atoms with Crippen molar-refractivity contribution in [3.05, 3.63) is 11.8 Å². The summed E-state index contributed by atoms with van der Waals surface area (Å²) in [4.78, 5) is 13.9. The van der Waals surface area contributed by atoms with Crippen molar-refractivity contribution in [2.75, 3.05) is 20.3 Å². The standard InChI is InChI=1S/C12H19N3O3/c1-9-13-14-12(18-9)10-5-3-4-7-15(10)11(16)6-8-17-2/h10H,3-8H2,1-2H3. The Labute approximate surface area is 106 Å². The van der Waals surface area contributed by atoms with Gasteiger partial charge in [-0.3, -0.25) is 4.79 Å². The Bertz CT molecular complexity index is 405. The van der Waals surface area contributed by atoms with Crippen molar-refractivity contribution in [2.45, 2.75) is 38.6 Å². The summed E-state index contributed by atoms with van der Waals surface area (Å²) < 4.78 is 10.4. The van der Waals surface area contributed by atoms with E-state index in [-0.39, 0.29) is 11.9 Å². The number of methoxy groups -OCH3 is 1. The average Bonchev–Trinajstić information content (AvgIpc) is 2.82. The zero-order chi connectivity index (χ0) is 13.0. The predicted octanol–water partition coefficient (Wildman–Crippen LogP) is 1.47. The molecule has 2 rings (SSSR count). The van der Waals surface area contributed by atoms with Crippen LogP contribution in [0.5, 0.6) is 0 Å². The van der Waals surface area contributed by atoms with Crippen LogP contribution in [0.1, 0.15) is 43.5 Å². The van der Waals surface area contributed by atoms with Crippen LogP contribution in [0.3, 0.4) is 0 Å². The van der Waals surface area contributed by atoms with Crippen LogP contribution >= 0.6 is 0 Å². The van der Waals surface area contributed by atoms with Gasteiger partial charge >= 0.3 is 0 Å². The lowest BCUT2D eigenvalue weighted by molar-refractivity contribution is -0.136. The first kappa shape index (κ1) is 13.0. The fourth-order valence-electron chi connectivity index (χ4n) is 2.27. The summed E-state index contributed by atoms with van der Waals surface area (Å²) in [6.45, 7) is 2.97. The van der Waals surface area contributed by atoms with Gasteiger partial charge in [-0.15, -0.1) is 10.2 Å². The van der Waals surface area contributed by atoms with Gasteiger partial charge in [-0.05, 0) is 19.3 Å². The van der Waals surface area contributed by atoms with Crippen molar-refractivity contribution < 1.29 is 13.9 Å². The smallest absolute Gasteiger partial charge is 0.238 e. The monoisotopic (exact) mass is 253 g/mol. The molecule has 1 aliphatic rings. The first-order chi connectivity index (χ1) is 8.72. The van der Waals surface area contributed by atoms with Crippen LogP contribution in [-0.4, -0.2) is 41.3 Å². The molecule has 1 aromatic rings. The van der Waals surface area contributed by atoms with Gasteiger partial charge in [0.15, 0.2) is 0 Å². The summed E-state index contributed by atoms with van der Waals surface area (Å²) in [5, 5.41) is 7.88. The summed E-state index contributed by atoms with van der Waals surface area (Å²) in [5.41, 5.74) is 0. The zero-order valence-electron chi connectivity index (χ0n) is 10.9. The molecule has 18 heavy (non-hydrogen) atoms. The highest BCUT2D eigenvalue weighted by Crippen LogP contribution is 2.30. The maximum atomic E-state index is 12.1. The second-order valence-corrected chi connectivity index (χ2v) is 4.50. The maximum Gasteiger partial charge on any atom is 0.238 e. The Balaban J connectivity index is 2.08. The van der Waals surface area contributed by atoms with Gasteiger partial charge < -0.3 is 14.1 Å². The second-order valence-electron chi connectivity index (χ2n) is 4.50. The van der Waals surface area contributed by atoms with Crippen LogP contribution in [-0.2, 0) is 9.53 Å². The lowest BCUT2D eigenvalue weighted by atomic mass is 10.0. The predicted molar refractivity (Wildman–Crippen MR) is 63.8 cm³/mol. The molecule has 0 bridgehead atoms. The molecule has 0 spiro atoms. The number of amides is 1. The van der Waals surface area contributed by atoms with E-state index in [1.54, 1.807) is 14.0 Å². The number of nitrogens with zero attached hydrogens (tertiary/aromatic N) is 3. The number of aromatic nitrogens is 2. The minimum absolute atomic E-state index is 0.0655. The Morgan fingerprint density at radius 1 is 1.50 bits per heavy atom. The van der Waals surface area contributed by atoms with Gasteiger partial charge in [-0.25, -0.2) is 0 Å². The summed E-state index contributed by atoms with van der Waals surface area (Å²) >= 11 is 0.